The van der Waals surface area contributed by atoms with Gasteiger partial charge in [0.25, 0.3) is 0 Å². The second-order valence-electron chi connectivity index (χ2n) is 35.4. The van der Waals surface area contributed by atoms with E-state index in [1.54, 1.807) is 0 Å². The van der Waals surface area contributed by atoms with Gasteiger partial charge < -0.3 is 0 Å². The Labute approximate surface area is 766 Å². The van der Waals surface area contributed by atoms with Gasteiger partial charge >= 0.3 is 0 Å². The van der Waals surface area contributed by atoms with Gasteiger partial charge in [0.15, 0.2) is 0 Å². The quantitative estimate of drug-likeness (QED) is 0.107. The van der Waals surface area contributed by atoms with E-state index in [9.17, 15) is 0 Å². The first-order valence-electron chi connectivity index (χ1n) is 45.8. The predicted octanol–water partition coefficient (Wildman–Crippen LogP) is 37.2. The molecule has 0 aromatic heterocycles. The topological polar surface area (TPSA) is 0 Å². The van der Waals surface area contributed by atoms with Crippen LogP contribution in [0.4, 0.5) is 0 Å². The Morgan fingerprint density at radius 3 is 0.462 bits per heavy atom. The maximum absolute atomic E-state index is 2.40. The Kier molecular flexibility index (Phi) is 19.1. The molecule has 0 heteroatoms. The van der Waals surface area contributed by atoms with Gasteiger partial charge in [-0.05, 0) is 396 Å². The van der Waals surface area contributed by atoms with Crippen molar-refractivity contribution in [2.24, 2.45) is 0 Å². The molecule has 0 amide bonds. The van der Waals surface area contributed by atoms with Gasteiger partial charge in [0.2, 0.25) is 0 Å². The van der Waals surface area contributed by atoms with Crippen LogP contribution in [0, 0.1) is 0 Å². The van der Waals surface area contributed by atoms with Crippen LogP contribution < -0.4 is 0 Å². The van der Waals surface area contributed by atoms with Gasteiger partial charge in [-0.15, -0.1) is 0 Å². The molecular formula is C132H84. The normalized spacial score (nSPS) is 11.6. The van der Waals surface area contributed by atoms with Crippen molar-refractivity contribution in [2.75, 3.05) is 0 Å². The molecule has 132 heavy (non-hydrogen) atoms. The van der Waals surface area contributed by atoms with Gasteiger partial charge in [-0.1, -0.05) is 376 Å². The standard InChI is InChI=1S/C70H44.C62H40/c1-3-15-47-33-51(27-25-45(47)13-1)57-37-59(41-61(39-57)69-43-55-17-5-7-19-63(55)65-21-9-11-23-67(65)69)53-31-29-50-36-54(32-30-49(50)35-53)60-38-58(52-28-26-46-14-2-4-16-48(46)34-52)40-62(42-60)70-44-56-18-6-8-20-64(56)66-22-10-12-24-68(66)70;1-3-15-41(16-4-1)49-33-51(37-53(35-49)61-39-47-19-7-9-21-55(47)57-23-11-13-25-59(57)61)45-29-27-44-32-46(30-28-43(44)31-45)52-34-50(42-17-5-2-6-18-42)36-54(38-52)62-40-48-20-8-10-22-56(48)58-24-12-14-26-60(58)62/h1-44H;1-40H. The summed E-state index contributed by atoms with van der Waals surface area (Å²) >= 11 is 0. The molecule has 0 saturated carbocycles. The van der Waals surface area contributed by atoms with Crippen LogP contribution in [0.2, 0.25) is 0 Å². The van der Waals surface area contributed by atoms with E-state index in [1.165, 1.54) is 263 Å². The lowest BCUT2D eigenvalue weighted by Crippen LogP contribution is -1.90. The Morgan fingerprint density at radius 1 is 0.0682 bits per heavy atom. The van der Waals surface area contributed by atoms with Crippen LogP contribution in [0.25, 0.3) is 263 Å². The van der Waals surface area contributed by atoms with Gasteiger partial charge in [0.1, 0.15) is 0 Å². The first-order valence-corrected chi connectivity index (χ1v) is 45.8. The van der Waals surface area contributed by atoms with Gasteiger partial charge in [-0.2, -0.15) is 0 Å². The predicted molar refractivity (Wildman–Crippen MR) is 568 cm³/mol. The second kappa shape index (κ2) is 32.6. The minimum atomic E-state index is 1.19. The van der Waals surface area contributed by atoms with Crippen molar-refractivity contribution >= 4 is 129 Å². The van der Waals surface area contributed by atoms with Crippen molar-refractivity contribution in [3.8, 4) is 134 Å². The highest BCUT2D eigenvalue weighted by atomic mass is 14.2. The van der Waals surface area contributed by atoms with Crippen molar-refractivity contribution in [1.29, 1.82) is 0 Å². The number of hydrogen-bond acceptors (Lipinski definition) is 0. The zero-order valence-electron chi connectivity index (χ0n) is 72.5. The maximum atomic E-state index is 2.40. The van der Waals surface area contributed by atoms with Crippen molar-refractivity contribution < 1.29 is 0 Å². The van der Waals surface area contributed by atoms with Crippen LogP contribution in [0.1, 0.15) is 0 Å². The van der Waals surface area contributed by atoms with Gasteiger partial charge in [-0.3, -0.25) is 0 Å². The zero-order chi connectivity index (χ0) is 87.1. The molecule has 0 aliphatic heterocycles. The van der Waals surface area contributed by atoms with Crippen molar-refractivity contribution in [2.45, 2.75) is 0 Å². The molecule has 0 fully saturated rings. The average Bonchev–Trinajstić information content (AvgIpc) is 0.762. The van der Waals surface area contributed by atoms with Crippen molar-refractivity contribution in [3.63, 3.8) is 0 Å². The molecule has 0 N–H and O–H groups in total. The van der Waals surface area contributed by atoms with E-state index in [1.807, 2.05) is 0 Å². The fourth-order valence-electron chi connectivity index (χ4n) is 20.8. The minimum Gasteiger partial charge on any atom is -0.0622 e. The third-order valence-electron chi connectivity index (χ3n) is 27.4. The molecule has 0 unspecified atom stereocenters. The summed E-state index contributed by atoms with van der Waals surface area (Å²) in [5.41, 5.74) is 29.0. The average molecular weight is 1670 g/mol. The second-order valence-corrected chi connectivity index (χ2v) is 35.4. The highest BCUT2D eigenvalue weighted by Gasteiger charge is 2.21. The molecule has 0 saturated heterocycles. The van der Waals surface area contributed by atoms with E-state index in [2.05, 4.69) is 510 Å². The Balaban J connectivity index is 0.000000143. The van der Waals surface area contributed by atoms with Crippen molar-refractivity contribution in [3.05, 3.63) is 510 Å². The number of hydrogen-bond donors (Lipinski definition) is 0. The maximum Gasteiger partial charge on any atom is -0.00986 e. The molecule has 0 aliphatic rings. The highest BCUT2D eigenvalue weighted by molar-refractivity contribution is 6.19. The monoisotopic (exact) mass is 1670 g/mol. The van der Waals surface area contributed by atoms with Crippen molar-refractivity contribution in [1.82, 2.24) is 0 Å². The van der Waals surface area contributed by atoms with Crippen LogP contribution in [0.3, 0.4) is 0 Å². The summed E-state index contributed by atoms with van der Waals surface area (Å²) in [6.45, 7) is 0. The molecular weight excluding hydrogens is 1590 g/mol. The van der Waals surface area contributed by atoms with E-state index < -0.39 is 0 Å². The molecule has 0 heterocycles. The third-order valence-corrected chi connectivity index (χ3v) is 27.4. The molecule has 26 rings (SSSR count). The lowest BCUT2D eigenvalue weighted by Gasteiger charge is -2.16. The van der Waals surface area contributed by atoms with Gasteiger partial charge in [0, 0.05) is 0 Å². The fraction of sp³-hybridized carbons (Fsp3) is 0. The Bertz CT molecular complexity index is 8620. The summed E-state index contributed by atoms with van der Waals surface area (Å²) in [5.74, 6) is 0. The van der Waals surface area contributed by atoms with Crippen LogP contribution in [0.5, 0.6) is 0 Å². The lowest BCUT2D eigenvalue weighted by atomic mass is 9.88. The van der Waals surface area contributed by atoms with Crippen LogP contribution in [-0.2, 0) is 0 Å². The molecule has 0 bridgehead atoms. The SMILES string of the molecule is c1ccc(-c2cc(-c3ccc4cc(-c5cc(-c6ccccc6)cc(-c6cc7ccccc7c7ccccc67)c5)ccc4c3)cc(-c3cc4ccccc4c4ccccc34)c2)cc1.c1ccc2cc(-c3cc(-c4ccc5cc(-c6cc(-c7ccc8ccccc8c7)cc(-c7cc8ccccc8c8ccccc78)c6)ccc5c4)cc(-c4cc5ccccc5c5ccccc45)c3)ccc2c1. The van der Waals surface area contributed by atoms with E-state index >= 15 is 0 Å². The summed E-state index contributed by atoms with van der Waals surface area (Å²) in [7, 11) is 0. The molecule has 0 radical (unpaired) electrons. The highest BCUT2D eigenvalue weighted by Crippen LogP contribution is 2.47. The minimum absolute atomic E-state index is 1.19. The molecule has 26 aromatic carbocycles. The van der Waals surface area contributed by atoms with Crippen LogP contribution in [-0.4, -0.2) is 0 Å². The fourth-order valence-corrected chi connectivity index (χ4v) is 20.8. The zero-order valence-corrected chi connectivity index (χ0v) is 72.5. The summed E-state index contributed by atoms with van der Waals surface area (Å²) < 4.78 is 0. The summed E-state index contributed by atoms with van der Waals surface area (Å²) in [6.07, 6.45) is 0. The van der Waals surface area contributed by atoms with Crippen LogP contribution >= 0.6 is 0 Å². The lowest BCUT2D eigenvalue weighted by molar-refractivity contribution is 1.58. The van der Waals surface area contributed by atoms with E-state index in [0.717, 1.165) is 0 Å². The van der Waals surface area contributed by atoms with Gasteiger partial charge in [-0.25, -0.2) is 0 Å². The molecule has 0 nitrogen and oxygen atoms in total. The molecule has 0 spiro atoms. The van der Waals surface area contributed by atoms with E-state index in [0.29, 0.717) is 0 Å². The summed E-state index contributed by atoms with van der Waals surface area (Å²) in [4.78, 5) is 0. The summed E-state index contributed by atoms with van der Waals surface area (Å²) in [5, 5.41) is 30.1. The van der Waals surface area contributed by atoms with E-state index in [4.69, 9.17) is 0 Å². The number of benzene rings is 26. The van der Waals surface area contributed by atoms with Gasteiger partial charge in [0.05, 0.1) is 0 Å². The molecule has 0 atom stereocenters. The third kappa shape index (κ3) is 14.2. The Morgan fingerprint density at radius 2 is 0.227 bits per heavy atom. The molecule has 0 aliphatic carbocycles. The van der Waals surface area contributed by atoms with Crippen LogP contribution in [0.15, 0.2) is 510 Å². The molecule has 26 aromatic rings. The smallest absolute Gasteiger partial charge is 0.00986 e. The molecule has 612 valence electrons. The number of rotatable bonds is 12. The summed E-state index contributed by atoms with van der Waals surface area (Å²) in [6, 6.07) is 189. The van der Waals surface area contributed by atoms with E-state index in [-0.39, 0.29) is 0 Å². The first-order chi connectivity index (χ1) is 65.3. The Hall–Kier alpha value is -17.2. The number of fused-ring (bicyclic) bond motifs is 16. The first kappa shape index (κ1) is 77.2. The largest absolute Gasteiger partial charge is 0.0622 e.